The second kappa shape index (κ2) is 5.61. The summed E-state index contributed by atoms with van der Waals surface area (Å²) in [5, 5.41) is 8.88. The maximum atomic E-state index is 11.7. The van der Waals surface area contributed by atoms with Gasteiger partial charge in [-0.05, 0) is 18.6 Å². The molecular weight excluding hydrogens is 272 g/mol. The monoisotopic (exact) mass is 288 g/mol. The van der Waals surface area contributed by atoms with E-state index in [1.807, 2.05) is 19.1 Å². The highest BCUT2D eigenvalue weighted by Crippen LogP contribution is 2.29. The summed E-state index contributed by atoms with van der Waals surface area (Å²) in [6.45, 7) is 2.00. The molecule has 0 aliphatic carbocycles. The molecule has 21 heavy (non-hydrogen) atoms. The number of benzene rings is 1. The summed E-state index contributed by atoms with van der Waals surface area (Å²) in [7, 11) is 0. The fraction of sp³-hybridized carbons (Fsp3) is 0.312. The van der Waals surface area contributed by atoms with Gasteiger partial charge in [-0.3, -0.25) is 4.79 Å². The van der Waals surface area contributed by atoms with Gasteiger partial charge in [-0.15, -0.1) is 0 Å². The normalized spacial score (nSPS) is 16.4. The standard InChI is InChI=1S/C16H16O5/c1-10-2-3-15-11(4-10)5-13(21-15)8-20-16-9-19-12(7-17)6-14(16)18/h2-4,6,9,13,17H,5,7-8H2,1H3. The van der Waals surface area contributed by atoms with E-state index in [0.717, 1.165) is 17.7 Å². The Kier molecular flexibility index (Phi) is 3.66. The summed E-state index contributed by atoms with van der Waals surface area (Å²) >= 11 is 0. The van der Waals surface area contributed by atoms with Crippen LogP contribution in [0, 0.1) is 6.92 Å². The number of hydrogen-bond donors (Lipinski definition) is 1. The molecular formula is C16H16O5. The van der Waals surface area contributed by atoms with E-state index >= 15 is 0 Å². The Morgan fingerprint density at radius 2 is 2.24 bits per heavy atom. The van der Waals surface area contributed by atoms with Gasteiger partial charge in [0.15, 0.2) is 0 Å². The maximum absolute atomic E-state index is 11.7. The summed E-state index contributed by atoms with van der Waals surface area (Å²) in [5.41, 5.74) is 2.04. The molecule has 0 saturated carbocycles. The largest absolute Gasteiger partial charge is 0.486 e. The van der Waals surface area contributed by atoms with Gasteiger partial charge in [0.2, 0.25) is 11.2 Å². The van der Waals surface area contributed by atoms with Gasteiger partial charge in [0, 0.05) is 12.5 Å². The highest BCUT2D eigenvalue weighted by molar-refractivity contribution is 5.40. The van der Waals surface area contributed by atoms with Crippen LogP contribution in [0.1, 0.15) is 16.9 Å². The van der Waals surface area contributed by atoms with E-state index < -0.39 is 0 Å². The molecule has 1 aromatic heterocycles. The van der Waals surface area contributed by atoms with Crippen molar-refractivity contribution in [1.29, 1.82) is 0 Å². The molecule has 1 unspecified atom stereocenters. The second-order valence-electron chi connectivity index (χ2n) is 5.10. The zero-order chi connectivity index (χ0) is 14.8. The van der Waals surface area contributed by atoms with Crippen molar-refractivity contribution in [3.8, 4) is 11.5 Å². The lowest BCUT2D eigenvalue weighted by Gasteiger charge is -2.11. The third-order valence-corrected chi connectivity index (χ3v) is 3.39. The lowest BCUT2D eigenvalue weighted by atomic mass is 10.1. The molecule has 0 saturated heterocycles. The Morgan fingerprint density at radius 3 is 3.00 bits per heavy atom. The molecule has 0 radical (unpaired) electrons. The Balaban J connectivity index is 1.64. The van der Waals surface area contributed by atoms with E-state index in [2.05, 4.69) is 6.07 Å². The third kappa shape index (κ3) is 2.92. The summed E-state index contributed by atoms with van der Waals surface area (Å²) in [4.78, 5) is 11.7. The molecule has 110 valence electrons. The van der Waals surface area contributed by atoms with Gasteiger partial charge in [-0.2, -0.15) is 0 Å². The minimum absolute atomic E-state index is 0.112. The summed E-state index contributed by atoms with van der Waals surface area (Å²) in [5.74, 6) is 1.21. The number of rotatable bonds is 4. The van der Waals surface area contributed by atoms with Crippen LogP contribution in [0.3, 0.4) is 0 Å². The predicted octanol–water partition coefficient (Wildman–Crippen LogP) is 1.82. The van der Waals surface area contributed by atoms with E-state index in [-0.39, 0.29) is 36.3 Å². The van der Waals surface area contributed by atoms with Crippen molar-refractivity contribution in [1.82, 2.24) is 0 Å². The number of aliphatic hydroxyl groups excluding tert-OH is 1. The van der Waals surface area contributed by atoms with Crippen molar-refractivity contribution in [3.63, 3.8) is 0 Å². The molecule has 1 N–H and O–H groups in total. The first-order valence-corrected chi connectivity index (χ1v) is 6.77. The highest BCUT2D eigenvalue weighted by Gasteiger charge is 2.23. The number of hydrogen-bond acceptors (Lipinski definition) is 5. The molecule has 1 aliphatic rings. The van der Waals surface area contributed by atoms with E-state index in [1.54, 1.807) is 0 Å². The van der Waals surface area contributed by atoms with Crippen molar-refractivity contribution in [2.24, 2.45) is 0 Å². The zero-order valence-corrected chi connectivity index (χ0v) is 11.7. The van der Waals surface area contributed by atoms with Gasteiger partial charge >= 0.3 is 0 Å². The topological polar surface area (TPSA) is 68.9 Å². The summed E-state index contributed by atoms with van der Waals surface area (Å²) in [6.07, 6.45) is 1.87. The quantitative estimate of drug-likeness (QED) is 0.929. The molecule has 1 aliphatic heterocycles. The molecule has 0 bridgehead atoms. The number of ether oxygens (including phenoxy) is 2. The number of aliphatic hydroxyl groups is 1. The lowest BCUT2D eigenvalue weighted by Crippen LogP contribution is -2.24. The van der Waals surface area contributed by atoms with Crippen LogP contribution in [0.5, 0.6) is 11.5 Å². The maximum Gasteiger partial charge on any atom is 0.227 e. The molecule has 5 heteroatoms. The molecule has 1 atom stereocenters. The second-order valence-corrected chi connectivity index (χ2v) is 5.10. The molecule has 2 heterocycles. The van der Waals surface area contributed by atoms with Crippen LogP contribution in [0.15, 0.2) is 39.7 Å². The molecule has 0 amide bonds. The highest BCUT2D eigenvalue weighted by atomic mass is 16.5. The molecule has 0 spiro atoms. The molecule has 3 rings (SSSR count). The Bertz CT molecular complexity index is 704. The molecule has 2 aromatic rings. The predicted molar refractivity (Wildman–Crippen MR) is 75.7 cm³/mol. The Hall–Kier alpha value is -2.27. The van der Waals surface area contributed by atoms with Crippen LogP contribution in [-0.2, 0) is 13.0 Å². The first-order chi connectivity index (χ1) is 10.2. The van der Waals surface area contributed by atoms with Gasteiger partial charge < -0.3 is 19.0 Å². The van der Waals surface area contributed by atoms with Crippen LogP contribution in [0.25, 0.3) is 0 Å². The zero-order valence-electron chi connectivity index (χ0n) is 11.7. The van der Waals surface area contributed by atoms with Crippen LogP contribution in [0.2, 0.25) is 0 Å². The number of fused-ring (bicyclic) bond motifs is 1. The Labute approximate surface area is 121 Å². The van der Waals surface area contributed by atoms with Gasteiger partial charge in [-0.1, -0.05) is 17.7 Å². The molecule has 1 aromatic carbocycles. The van der Waals surface area contributed by atoms with Crippen LogP contribution in [0.4, 0.5) is 0 Å². The van der Waals surface area contributed by atoms with Gasteiger partial charge in [0.05, 0.1) is 0 Å². The van der Waals surface area contributed by atoms with E-state index in [0.29, 0.717) is 0 Å². The van der Waals surface area contributed by atoms with E-state index in [9.17, 15) is 4.79 Å². The Morgan fingerprint density at radius 1 is 1.38 bits per heavy atom. The first kappa shape index (κ1) is 13.7. The minimum atomic E-state index is -0.310. The van der Waals surface area contributed by atoms with Crippen molar-refractivity contribution >= 4 is 0 Å². The van der Waals surface area contributed by atoms with E-state index in [1.165, 1.54) is 17.9 Å². The van der Waals surface area contributed by atoms with Crippen molar-refractivity contribution in [2.75, 3.05) is 6.61 Å². The van der Waals surface area contributed by atoms with Crippen molar-refractivity contribution < 1.29 is 19.0 Å². The summed E-state index contributed by atoms with van der Waals surface area (Å²) < 4.78 is 16.3. The van der Waals surface area contributed by atoms with Crippen molar-refractivity contribution in [2.45, 2.75) is 26.1 Å². The fourth-order valence-electron chi connectivity index (χ4n) is 2.35. The van der Waals surface area contributed by atoms with E-state index in [4.69, 9.17) is 19.0 Å². The van der Waals surface area contributed by atoms with Crippen LogP contribution < -0.4 is 14.9 Å². The first-order valence-electron chi connectivity index (χ1n) is 6.77. The SMILES string of the molecule is Cc1ccc2c(c1)CC(COc1coc(CO)cc1=O)O2. The van der Waals surface area contributed by atoms with Crippen LogP contribution in [-0.4, -0.2) is 17.8 Å². The third-order valence-electron chi connectivity index (χ3n) is 3.39. The lowest BCUT2D eigenvalue weighted by molar-refractivity contribution is 0.145. The van der Waals surface area contributed by atoms with Gasteiger partial charge in [-0.25, -0.2) is 0 Å². The fourth-order valence-corrected chi connectivity index (χ4v) is 2.35. The van der Waals surface area contributed by atoms with Crippen LogP contribution >= 0.6 is 0 Å². The van der Waals surface area contributed by atoms with Crippen molar-refractivity contribution in [3.05, 3.63) is 57.6 Å². The molecule has 0 fully saturated rings. The minimum Gasteiger partial charge on any atom is -0.486 e. The average molecular weight is 288 g/mol. The summed E-state index contributed by atoms with van der Waals surface area (Å²) in [6, 6.07) is 7.28. The smallest absolute Gasteiger partial charge is 0.227 e. The number of aryl methyl sites for hydroxylation is 1. The average Bonchev–Trinajstić information content (AvgIpc) is 2.87. The molecule has 5 nitrogen and oxygen atoms in total. The van der Waals surface area contributed by atoms with Gasteiger partial charge in [0.25, 0.3) is 0 Å². The van der Waals surface area contributed by atoms with Gasteiger partial charge in [0.1, 0.15) is 37.1 Å².